The standard InChI is InChI=1S/C12H23FO2S/c1-4-5-8-11(12(14)15-3)16-9-6-7-10(2)13/h10-11H,4-9H2,1-3H3. The summed E-state index contributed by atoms with van der Waals surface area (Å²) in [5.41, 5.74) is 0. The Labute approximate surface area is 102 Å². The topological polar surface area (TPSA) is 26.3 Å². The molecule has 4 heteroatoms. The van der Waals surface area contributed by atoms with Crippen molar-refractivity contribution in [3.05, 3.63) is 0 Å². The molecule has 0 saturated carbocycles. The molecule has 0 aromatic rings. The van der Waals surface area contributed by atoms with Crippen LogP contribution in [-0.2, 0) is 9.53 Å². The largest absolute Gasteiger partial charge is 0.468 e. The molecular weight excluding hydrogens is 227 g/mol. The van der Waals surface area contributed by atoms with Crippen LogP contribution in [0.2, 0.25) is 0 Å². The van der Waals surface area contributed by atoms with Crippen LogP contribution >= 0.6 is 11.8 Å². The van der Waals surface area contributed by atoms with Crippen molar-refractivity contribution < 1.29 is 13.9 Å². The van der Waals surface area contributed by atoms with Crippen LogP contribution in [0.4, 0.5) is 4.39 Å². The minimum absolute atomic E-state index is 0.0696. The van der Waals surface area contributed by atoms with E-state index in [9.17, 15) is 9.18 Å². The monoisotopic (exact) mass is 250 g/mol. The summed E-state index contributed by atoms with van der Waals surface area (Å²) < 4.78 is 17.3. The van der Waals surface area contributed by atoms with Gasteiger partial charge in [0.2, 0.25) is 0 Å². The first-order chi connectivity index (χ1) is 7.61. The van der Waals surface area contributed by atoms with Crippen molar-refractivity contribution in [1.29, 1.82) is 0 Å². The van der Waals surface area contributed by atoms with E-state index in [4.69, 9.17) is 4.74 Å². The SMILES string of the molecule is CCCCC(SCCCC(C)F)C(=O)OC. The van der Waals surface area contributed by atoms with Crippen LogP contribution in [0.15, 0.2) is 0 Å². The molecule has 0 aliphatic heterocycles. The van der Waals surface area contributed by atoms with Crippen molar-refractivity contribution in [2.24, 2.45) is 0 Å². The average molecular weight is 250 g/mol. The molecule has 96 valence electrons. The molecule has 16 heavy (non-hydrogen) atoms. The molecule has 0 amide bonds. The molecule has 0 rings (SSSR count). The summed E-state index contributed by atoms with van der Waals surface area (Å²) in [4.78, 5) is 11.4. The molecule has 0 heterocycles. The molecule has 0 fully saturated rings. The second-order valence-corrected chi connectivity index (χ2v) is 5.26. The first-order valence-electron chi connectivity index (χ1n) is 5.95. The van der Waals surface area contributed by atoms with Crippen LogP contribution in [0.25, 0.3) is 0 Å². The zero-order valence-corrected chi connectivity index (χ0v) is 11.3. The zero-order chi connectivity index (χ0) is 12.4. The number of rotatable bonds is 9. The van der Waals surface area contributed by atoms with Gasteiger partial charge in [0.15, 0.2) is 0 Å². The maximum absolute atomic E-state index is 12.6. The van der Waals surface area contributed by atoms with Crippen LogP contribution in [0.1, 0.15) is 46.0 Å². The lowest BCUT2D eigenvalue weighted by Gasteiger charge is -2.13. The number of hydrogen-bond acceptors (Lipinski definition) is 3. The molecule has 0 aromatic heterocycles. The summed E-state index contributed by atoms with van der Waals surface area (Å²) in [5.74, 6) is 0.685. The summed E-state index contributed by atoms with van der Waals surface area (Å²) in [6, 6.07) is 0. The molecule has 0 aliphatic carbocycles. The number of esters is 1. The van der Waals surface area contributed by atoms with E-state index in [2.05, 4.69) is 6.92 Å². The molecule has 0 N–H and O–H groups in total. The molecule has 0 spiro atoms. The van der Waals surface area contributed by atoms with Gasteiger partial charge in [-0.25, -0.2) is 4.39 Å². The lowest BCUT2D eigenvalue weighted by atomic mass is 10.2. The van der Waals surface area contributed by atoms with Gasteiger partial charge in [0.1, 0.15) is 5.25 Å². The highest BCUT2D eigenvalue weighted by atomic mass is 32.2. The Balaban J connectivity index is 3.78. The van der Waals surface area contributed by atoms with Gasteiger partial charge in [-0.05, 0) is 31.9 Å². The Morgan fingerprint density at radius 2 is 2.06 bits per heavy atom. The average Bonchev–Trinajstić information content (AvgIpc) is 2.26. The lowest BCUT2D eigenvalue weighted by Crippen LogP contribution is -2.19. The van der Waals surface area contributed by atoms with Crippen molar-refractivity contribution in [1.82, 2.24) is 0 Å². The Kier molecular flexibility index (Phi) is 9.78. The number of methoxy groups -OCH3 is 1. The number of carbonyl (C=O) groups is 1. The van der Waals surface area contributed by atoms with Crippen LogP contribution in [0.5, 0.6) is 0 Å². The summed E-state index contributed by atoms with van der Waals surface area (Å²) in [5, 5.41) is -0.0696. The normalized spacial score (nSPS) is 14.5. The number of alkyl halides is 1. The molecule has 0 aliphatic rings. The maximum atomic E-state index is 12.6. The van der Waals surface area contributed by atoms with Gasteiger partial charge in [-0.2, -0.15) is 0 Å². The van der Waals surface area contributed by atoms with E-state index >= 15 is 0 Å². The fourth-order valence-corrected chi connectivity index (χ4v) is 2.56. The van der Waals surface area contributed by atoms with Gasteiger partial charge >= 0.3 is 5.97 Å². The molecule has 0 bridgehead atoms. The number of unbranched alkanes of at least 4 members (excludes halogenated alkanes) is 1. The van der Waals surface area contributed by atoms with Crippen molar-refractivity contribution >= 4 is 17.7 Å². The second-order valence-electron chi connectivity index (χ2n) is 3.95. The number of halogens is 1. The fraction of sp³-hybridized carbons (Fsp3) is 0.917. The van der Waals surface area contributed by atoms with Crippen molar-refractivity contribution in [3.8, 4) is 0 Å². The quantitative estimate of drug-likeness (QED) is 0.462. The van der Waals surface area contributed by atoms with Crippen LogP contribution in [-0.4, -0.2) is 30.3 Å². The predicted molar refractivity (Wildman–Crippen MR) is 67.6 cm³/mol. The van der Waals surface area contributed by atoms with Crippen LogP contribution in [0, 0.1) is 0 Å². The first-order valence-corrected chi connectivity index (χ1v) is 7.00. The number of carbonyl (C=O) groups excluding carboxylic acids is 1. The fourth-order valence-electron chi connectivity index (χ4n) is 1.38. The van der Waals surface area contributed by atoms with Gasteiger partial charge in [0.05, 0.1) is 13.3 Å². The van der Waals surface area contributed by atoms with E-state index < -0.39 is 6.17 Å². The minimum atomic E-state index is -0.743. The molecule has 0 radical (unpaired) electrons. The summed E-state index contributed by atoms with van der Waals surface area (Å²) in [6.45, 7) is 3.67. The molecule has 2 nitrogen and oxygen atoms in total. The minimum Gasteiger partial charge on any atom is -0.468 e. The number of ether oxygens (including phenoxy) is 1. The van der Waals surface area contributed by atoms with Crippen molar-refractivity contribution in [2.45, 2.75) is 57.4 Å². The predicted octanol–water partition coefficient (Wildman–Crippen LogP) is 3.59. The third kappa shape index (κ3) is 7.97. The van der Waals surface area contributed by atoms with Crippen LogP contribution < -0.4 is 0 Å². The third-order valence-corrected chi connectivity index (χ3v) is 3.70. The summed E-state index contributed by atoms with van der Waals surface area (Å²) >= 11 is 1.59. The van der Waals surface area contributed by atoms with Gasteiger partial charge < -0.3 is 4.74 Å². The molecule has 0 saturated heterocycles. The van der Waals surface area contributed by atoms with Gasteiger partial charge in [-0.1, -0.05) is 19.8 Å². The molecule has 2 unspecified atom stereocenters. The molecular formula is C12H23FO2S. The van der Waals surface area contributed by atoms with Gasteiger partial charge in [-0.3, -0.25) is 4.79 Å². The maximum Gasteiger partial charge on any atom is 0.318 e. The molecule has 0 aromatic carbocycles. The van der Waals surface area contributed by atoms with E-state index in [1.165, 1.54) is 7.11 Å². The van der Waals surface area contributed by atoms with E-state index in [1.807, 2.05) is 0 Å². The first kappa shape index (κ1) is 15.8. The highest BCUT2D eigenvalue weighted by Gasteiger charge is 2.18. The molecule has 2 atom stereocenters. The Hall–Kier alpha value is -0.250. The third-order valence-electron chi connectivity index (χ3n) is 2.35. The highest BCUT2D eigenvalue weighted by Crippen LogP contribution is 2.20. The van der Waals surface area contributed by atoms with Gasteiger partial charge in [-0.15, -0.1) is 11.8 Å². The van der Waals surface area contributed by atoms with Crippen molar-refractivity contribution in [3.63, 3.8) is 0 Å². The summed E-state index contributed by atoms with van der Waals surface area (Å²) in [7, 11) is 1.42. The van der Waals surface area contributed by atoms with E-state index in [0.29, 0.717) is 6.42 Å². The van der Waals surface area contributed by atoms with Gasteiger partial charge in [0.25, 0.3) is 0 Å². The number of thioether (sulfide) groups is 1. The smallest absolute Gasteiger partial charge is 0.318 e. The second kappa shape index (κ2) is 9.94. The Morgan fingerprint density at radius 1 is 1.38 bits per heavy atom. The van der Waals surface area contributed by atoms with Gasteiger partial charge in [0, 0.05) is 0 Å². The Bertz CT molecular complexity index is 186. The van der Waals surface area contributed by atoms with E-state index in [1.54, 1.807) is 18.7 Å². The van der Waals surface area contributed by atoms with E-state index in [-0.39, 0.29) is 11.2 Å². The Morgan fingerprint density at radius 3 is 2.56 bits per heavy atom. The highest BCUT2D eigenvalue weighted by molar-refractivity contribution is 8.00. The zero-order valence-electron chi connectivity index (χ0n) is 10.5. The lowest BCUT2D eigenvalue weighted by molar-refractivity contribution is -0.140. The van der Waals surface area contributed by atoms with E-state index in [0.717, 1.165) is 31.4 Å². The summed E-state index contributed by atoms with van der Waals surface area (Å²) in [6.07, 6.45) is 3.63. The van der Waals surface area contributed by atoms with Crippen LogP contribution in [0.3, 0.4) is 0 Å². The van der Waals surface area contributed by atoms with Crippen molar-refractivity contribution in [2.75, 3.05) is 12.9 Å². The number of hydrogen-bond donors (Lipinski definition) is 0.